The molecular weight excluding hydrogens is 532 g/mol. The fourth-order valence-electron chi connectivity index (χ4n) is 7.25. The average molecular weight is 617 g/mol. The summed E-state index contributed by atoms with van der Waals surface area (Å²) >= 11 is 0. The third-order valence-electron chi connectivity index (χ3n) is 10.3. The third kappa shape index (κ3) is 25.5. The molecule has 2 nitrogen and oxygen atoms in total. The van der Waals surface area contributed by atoms with Gasteiger partial charge in [0.1, 0.15) is 6.17 Å². The summed E-state index contributed by atoms with van der Waals surface area (Å²) in [5, 5.41) is 0. The van der Waals surface area contributed by atoms with E-state index in [2.05, 4.69) is 43.0 Å². The zero-order chi connectivity index (χ0) is 31.6. The van der Waals surface area contributed by atoms with Crippen LogP contribution in [0.15, 0.2) is 12.4 Å². The van der Waals surface area contributed by atoms with Crippen molar-refractivity contribution in [1.29, 1.82) is 0 Å². The Labute approximate surface area is 280 Å². The molecule has 0 N–H and O–H groups in total. The molecule has 0 aliphatic carbocycles. The van der Waals surface area contributed by atoms with E-state index in [9.17, 15) is 0 Å². The first kappa shape index (κ1) is 41.4. The summed E-state index contributed by atoms with van der Waals surface area (Å²) in [4.78, 5) is 5.43. The molecule has 0 aromatic heterocycles. The molecule has 0 spiro atoms. The van der Waals surface area contributed by atoms with Crippen LogP contribution in [-0.2, 0) is 0 Å². The summed E-state index contributed by atoms with van der Waals surface area (Å²) in [6.07, 6.45) is 54.4. The van der Waals surface area contributed by atoms with E-state index in [4.69, 9.17) is 0 Å². The molecule has 44 heavy (non-hydrogen) atoms. The van der Waals surface area contributed by atoms with Crippen molar-refractivity contribution < 1.29 is 0 Å². The second kappa shape index (κ2) is 33.7. The average Bonchev–Trinajstić information content (AvgIpc) is 3.42. The van der Waals surface area contributed by atoms with Crippen LogP contribution in [0.1, 0.15) is 239 Å². The summed E-state index contributed by atoms with van der Waals surface area (Å²) in [6.45, 7) is 9.49. The Morgan fingerprint density at radius 3 is 0.795 bits per heavy atom. The van der Waals surface area contributed by atoms with Crippen LogP contribution in [-0.4, -0.2) is 29.1 Å². The molecule has 1 atom stereocenters. The minimum atomic E-state index is 0.639. The molecule has 2 heteroatoms. The van der Waals surface area contributed by atoms with Gasteiger partial charge < -0.3 is 9.80 Å². The minimum absolute atomic E-state index is 0.639. The summed E-state index contributed by atoms with van der Waals surface area (Å²) in [5.74, 6) is 0. The van der Waals surface area contributed by atoms with Crippen molar-refractivity contribution in [3.05, 3.63) is 12.4 Å². The fourth-order valence-corrected chi connectivity index (χ4v) is 7.25. The molecule has 0 fully saturated rings. The maximum absolute atomic E-state index is 2.72. The number of hydrogen-bond donors (Lipinski definition) is 0. The predicted octanol–water partition coefficient (Wildman–Crippen LogP) is 14.7. The second-order valence-corrected chi connectivity index (χ2v) is 14.6. The molecule has 0 radical (unpaired) electrons. The highest BCUT2D eigenvalue weighted by Gasteiger charge is 2.24. The lowest BCUT2D eigenvalue weighted by Crippen LogP contribution is -2.39. The Kier molecular flexibility index (Phi) is 31.7. The highest BCUT2D eigenvalue weighted by molar-refractivity contribution is 4.97. The summed E-state index contributed by atoms with van der Waals surface area (Å²) < 4.78 is 0. The van der Waals surface area contributed by atoms with Gasteiger partial charge in [0.2, 0.25) is 0 Å². The molecule has 1 aliphatic heterocycles. The van der Waals surface area contributed by atoms with Crippen LogP contribution in [0.2, 0.25) is 0 Å². The molecule has 0 amide bonds. The van der Waals surface area contributed by atoms with Gasteiger partial charge in [0, 0.05) is 25.5 Å². The first-order valence-electron chi connectivity index (χ1n) is 21.0. The van der Waals surface area contributed by atoms with Crippen LogP contribution >= 0.6 is 0 Å². The van der Waals surface area contributed by atoms with Gasteiger partial charge in [-0.25, -0.2) is 0 Å². The van der Waals surface area contributed by atoms with Gasteiger partial charge in [0.15, 0.2) is 0 Å². The van der Waals surface area contributed by atoms with E-state index in [0.717, 1.165) is 0 Å². The van der Waals surface area contributed by atoms with Crippen LogP contribution in [0.3, 0.4) is 0 Å². The van der Waals surface area contributed by atoms with Crippen molar-refractivity contribution in [2.75, 3.05) is 13.1 Å². The van der Waals surface area contributed by atoms with Crippen molar-refractivity contribution in [2.45, 2.75) is 245 Å². The van der Waals surface area contributed by atoms with Crippen LogP contribution in [0, 0.1) is 0 Å². The van der Waals surface area contributed by atoms with Crippen molar-refractivity contribution in [2.24, 2.45) is 0 Å². The Balaban J connectivity index is 2.13. The van der Waals surface area contributed by atoms with Crippen molar-refractivity contribution in [1.82, 2.24) is 9.80 Å². The molecule has 0 aromatic carbocycles. The number of hydrogen-bond acceptors (Lipinski definition) is 2. The van der Waals surface area contributed by atoms with Gasteiger partial charge in [0.05, 0.1) is 0 Å². The highest BCUT2D eigenvalue weighted by atomic mass is 15.4. The van der Waals surface area contributed by atoms with E-state index in [0.29, 0.717) is 6.17 Å². The van der Waals surface area contributed by atoms with Crippen molar-refractivity contribution in [3.63, 3.8) is 0 Å². The van der Waals surface area contributed by atoms with E-state index in [-0.39, 0.29) is 0 Å². The molecule has 0 saturated carbocycles. The summed E-state index contributed by atoms with van der Waals surface area (Å²) in [7, 11) is 0. The quantitative estimate of drug-likeness (QED) is 0.0646. The zero-order valence-corrected chi connectivity index (χ0v) is 31.1. The Hall–Kier alpha value is -0.660. The fraction of sp³-hybridized carbons (Fsp3) is 0.952. The Morgan fingerprint density at radius 1 is 0.295 bits per heavy atom. The number of nitrogens with zero attached hydrogens (tertiary/aromatic N) is 2. The van der Waals surface area contributed by atoms with E-state index < -0.39 is 0 Å². The van der Waals surface area contributed by atoms with Crippen LogP contribution in [0.5, 0.6) is 0 Å². The van der Waals surface area contributed by atoms with Gasteiger partial charge in [-0.3, -0.25) is 0 Å². The van der Waals surface area contributed by atoms with Gasteiger partial charge in [-0.05, 0) is 25.7 Å². The smallest absolute Gasteiger partial charge is 0.101 e. The third-order valence-corrected chi connectivity index (χ3v) is 10.3. The number of rotatable bonds is 36. The molecule has 1 rings (SSSR count). The lowest BCUT2D eigenvalue weighted by Gasteiger charge is -2.33. The molecule has 0 aromatic rings. The van der Waals surface area contributed by atoms with Gasteiger partial charge in [-0.1, -0.05) is 213 Å². The SMILES string of the molecule is CCCCCCCCCCCCCCCCCN1C=CN(CCCCCCCCCCCCCC)C1CCCCCCCC. The lowest BCUT2D eigenvalue weighted by molar-refractivity contribution is 0.135. The second-order valence-electron chi connectivity index (χ2n) is 14.6. The monoisotopic (exact) mass is 617 g/mol. The summed E-state index contributed by atoms with van der Waals surface area (Å²) in [6, 6.07) is 0. The van der Waals surface area contributed by atoms with Gasteiger partial charge in [-0.15, -0.1) is 0 Å². The first-order chi connectivity index (χ1) is 21.8. The molecule has 262 valence electrons. The highest BCUT2D eigenvalue weighted by Crippen LogP contribution is 2.24. The molecule has 0 bridgehead atoms. The normalized spacial score (nSPS) is 14.8. The molecule has 1 aliphatic rings. The van der Waals surface area contributed by atoms with Gasteiger partial charge >= 0.3 is 0 Å². The molecule has 0 saturated heterocycles. The Morgan fingerprint density at radius 2 is 0.523 bits per heavy atom. The van der Waals surface area contributed by atoms with Crippen LogP contribution in [0.25, 0.3) is 0 Å². The number of unbranched alkanes of at least 4 members (excludes halogenated alkanes) is 30. The predicted molar refractivity (Wildman–Crippen MR) is 200 cm³/mol. The van der Waals surface area contributed by atoms with Crippen LogP contribution < -0.4 is 0 Å². The Bertz CT molecular complexity index is 572. The maximum atomic E-state index is 2.72. The molecule has 1 unspecified atom stereocenters. The standard InChI is InChI=1S/C42H84N2/c1-4-7-10-13-16-18-20-22-23-24-26-28-30-33-36-39-44-41-40-43(42(44)37-34-31-15-12-9-6-3)38-35-32-29-27-25-21-19-17-14-11-8-5-2/h40-42H,4-39H2,1-3H3. The van der Waals surface area contributed by atoms with E-state index in [1.165, 1.54) is 231 Å². The lowest BCUT2D eigenvalue weighted by atomic mass is 10.0. The first-order valence-corrected chi connectivity index (χ1v) is 21.0. The van der Waals surface area contributed by atoms with E-state index in [1.54, 1.807) is 0 Å². The molecular formula is C42H84N2. The van der Waals surface area contributed by atoms with Crippen molar-refractivity contribution >= 4 is 0 Å². The zero-order valence-electron chi connectivity index (χ0n) is 31.1. The molecule has 1 heterocycles. The van der Waals surface area contributed by atoms with E-state index in [1.807, 2.05) is 0 Å². The minimum Gasteiger partial charge on any atom is -0.356 e. The van der Waals surface area contributed by atoms with Crippen LogP contribution in [0.4, 0.5) is 0 Å². The van der Waals surface area contributed by atoms with E-state index >= 15 is 0 Å². The van der Waals surface area contributed by atoms with Gasteiger partial charge in [0.25, 0.3) is 0 Å². The maximum Gasteiger partial charge on any atom is 0.101 e. The largest absolute Gasteiger partial charge is 0.356 e. The topological polar surface area (TPSA) is 6.48 Å². The van der Waals surface area contributed by atoms with Crippen molar-refractivity contribution in [3.8, 4) is 0 Å². The van der Waals surface area contributed by atoms with Gasteiger partial charge in [-0.2, -0.15) is 0 Å². The summed E-state index contributed by atoms with van der Waals surface area (Å²) in [5.41, 5.74) is 0.